The predicted octanol–water partition coefficient (Wildman–Crippen LogP) is 0.833. The highest BCUT2D eigenvalue weighted by atomic mass is 32.2. The predicted molar refractivity (Wildman–Crippen MR) is 68.9 cm³/mol. The van der Waals surface area contributed by atoms with E-state index in [1.807, 2.05) is 0 Å². The molecule has 0 amide bonds. The number of aromatic nitrogens is 2. The van der Waals surface area contributed by atoms with Gasteiger partial charge in [-0.25, -0.2) is 21.9 Å². The highest BCUT2D eigenvalue weighted by Gasteiger charge is 2.29. The van der Waals surface area contributed by atoms with Gasteiger partial charge in [0.05, 0.1) is 12.8 Å². The van der Waals surface area contributed by atoms with Crippen molar-refractivity contribution in [1.82, 2.24) is 14.5 Å². The molecule has 0 unspecified atom stereocenters. The Kier molecular flexibility index (Phi) is 5.22. The number of aliphatic hydroxyl groups is 1. The zero-order valence-corrected chi connectivity index (χ0v) is 12.4. The van der Waals surface area contributed by atoms with Gasteiger partial charge in [-0.05, 0) is 5.41 Å². The molecule has 0 aliphatic carbocycles. The van der Waals surface area contributed by atoms with Gasteiger partial charge in [0.15, 0.2) is 0 Å². The van der Waals surface area contributed by atoms with Crippen LogP contribution in [0.15, 0.2) is 17.3 Å². The molecule has 6 nitrogen and oxygen atoms in total. The number of halogens is 2. The van der Waals surface area contributed by atoms with Crippen molar-refractivity contribution in [1.29, 1.82) is 0 Å². The molecule has 0 aliphatic heterocycles. The third-order valence-corrected chi connectivity index (χ3v) is 4.20. The number of hydrogen-bond acceptors (Lipinski definition) is 4. The lowest BCUT2D eigenvalue weighted by atomic mass is 9.88. The monoisotopic (exact) mass is 311 g/mol. The summed E-state index contributed by atoms with van der Waals surface area (Å²) in [6.07, 6.45) is -0.578. The van der Waals surface area contributed by atoms with E-state index in [-0.39, 0.29) is 11.5 Å². The van der Waals surface area contributed by atoms with E-state index in [0.29, 0.717) is 0 Å². The Morgan fingerprint density at radius 1 is 1.45 bits per heavy atom. The summed E-state index contributed by atoms with van der Waals surface area (Å²) in [5.74, 6) is 0. The van der Waals surface area contributed by atoms with E-state index in [1.54, 1.807) is 20.8 Å². The second-order valence-electron chi connectivity index (χ2n) is 5.51. The van der Waals surface area contributed by atoms with Gasteiger partial charge in [0.2, 0.25) is 10.0 Å². The molecule has 20 heavy (non-hydrogen) atoms. The highest BCUT2D eigenvalue weighted by molar-refractivity contribution is 7.89. The summed E-state index contributed by atoms with van der Waals surface area (Å²) in [4.78, 5) is -0.208. The summed E-state index contributed by atoms with van der Waals surface area (Å²) in [6, 6.07) is -0.689. The fourth-order valence-electron chi connectivity index (χ4n) is 1.47. The largest absolute Gasteiger partial charge is 0.395 e. The third kappa shape index (κ3) is 4.50. The normalized spacial score (nSPS) is 14.8. The van der Waals surface area contributed by atoms with Crippen molar-refractivity contribution in [3.05, 3.63) is 12.4 Å². The SMILES string of the molecule is CC(C)(C)[C@@H](CO)NS(=O)(=O)c1cnn(CC(F)F)c1. The third-order valence-electron chi connectivity index (χ3n) is 2.77. The van der Waals surface area contributed by atoms with Crippen LogP contribution < -0.4 is 4.72 Å². The molecule has 1 aromatic heterocycles. The standard InChI is InChI=1S/C11H19F2N3O3S/c1-11(2,3)9(7-17)15-20(18,19)8-4-14-16(5-8)6-10(12)13/h4-5,9-10,15,17H,6-7H2,1-3H3/t9-/m1/s1. The minimum Gasteiger partial charge on any atom is -0.395 e. The first-order valence-electron chi connectivity index (χ1n) is 6.00. The summed E-state index contributed by atoms with van der Waals surface area (Å²) >= 11 is 0. The maximum Gasteiger partial charge on any atom is 0.257 e. The van der Waals surface area contributed by atoms with Crippen LogP contribution in [0.2, 0.25) is 0 Å². The van der Waals surface area contributed by atoms with Gasteiger partial charge in [0.1, 0.15) is 11.4 Å². The van der Waals surface area contributed by atoms with Crippen LogP contribution in [0.5, 0.6) is 0 Å². The van der Waals surface area contributed by atoms with Gasteiger partial charge in [-0.1, -0.05) is 20.8 Å². The van der Waals surface area contributed by atoms with E-state index in [4.69, 9.17) is 0 Å². The minimum absolute atomic E-state index is 0.208. The lowest BCUT2D eigenvalue weighted by molar-refractivity contribution is 0.121. The van der Waals surface area contributed by atoms with Crippen LogP contribution in [0.3, 0.4) is 0 Å². The summed E-state index contributed by atoms with van der Waals surface area (Å²) in [5, 5.41) is 12.8. The minimum atomic E-state index is -3.91. The van der Waals surface area contributed by atoms with Gasteiger partial charge in [-0.3, -0.25) is 4.68 Å². The van der Waals surface area contributed by atoms with Gasteiger partial charge < -0.3 is 5.11 Å². The van der Waals surface area contributed by atoms with E-state index in [9.17, 15) is 22.3 Å². The van der Waals surface area contributed by atoms with Gasteiger partial charge in [-0.2, -0.15) is 5.10 Å². The Hall–Kier alpha value is -1.06. The van der Waals surface area contributed by atoms with Crippen LogP contribution in [-0.2, 0) is 16.6 Å². The number of sulfonamides is 1. The van der Waals surface area contributed by atoms with Gasteiger partial charge >= 0.3 is 0 Å². The molecule has 0 fully saturated rings. The van der Waals surface area contributed by atoms with E-state index < -0.39 is 34.5 Å². The summed E-state index contributed by atoms with van der Waals surface area (Å²) < 4.78 is 51.8. The van der Waals surface area contributed by atoms with Gasteiger partial charge in [0, 0.05) is 12.2 Å². The molecule has 0 saturated carbocycles. The van der Waals surface area contributed by atoms with Crippen LogP contribution in [0.25, 0.3) is 0 Å². The van der Waals surface area contributed by atoms with Crippen molar-refractivity contribution in [2.24, 2.45) is 5.41 Å². The van der Waals surface area contributed by atoms with E-state index in [1.165, 1.54) is 0 Å². The molecule has 2 N–H and O–H groups in total. The molecule has 0 spiro atoms. The first-order chi connectivity index (χ1) is 9.06. The molecule has 1 rings (SSSR count). The summed E-state index contributed by atoms with van der Waals surface area (Å²) in [5.41, 5.74) is -0.485. The number of aliphatic hydroxyl groups excluding tert-OH is 1. The molecule has 1 aromatic rings. The molecule has 0 saturated heterocycles. The number of nitrogens with one attached hydrogen (secondary N) is 1. The van der Waals surface area contributed by atoms with Crippen molar-refractivity contribution in [3.8, 4) is 0 Å². The van der Waals surface area contributed by atoms with E-state index in [2.05, 4.69) is 9.82 Å². The fourth-order valence-corrected chi connectivity index (χ4v) is 2.85. The average molecular weight is 311 g/mol. The molecule has 0 aliphatic rings. The molecule has 1 heterocycles. The number of alkyl halides is 2. The maximum atomic E-state index is 12.2. The topological polar surface area (TPSA) is 84.2 Å². The molecule has 0 aromatic carbocycles. The maximum absolute atomic E-state index is 12.2. The van der Waals surface area contributed by atoms with Crippen molar-refractivity contribution in [2.45, 2.75) is 44.7 Å². The van der Waals surface area contributed by atoms with Crippen molar-refractivity contribution in [3.63, 3.8) is 0 Å². The van der Waals surface area contributed by atoms with E-state index in [0.717, 1.165) is 17.1 Å². The molecule has 0 radical (unpaired) electrons. The van der Waals surface area contributed by atoms with E-state index >= 15 is 0 Å². The second-order valence-corrected chi connectivity index (χ2v) is 7.23. The van der Waals surface area contributed by atoms with Crippen molar-refractivity contribution < 1.29 is 22.3 Å². The number of nitrogens with zero attached hydrogens (tertiary/aromatic N) is 2. The van der Waals surface area contributed by atoms with Crippen molar-refractivity contribution >= 4 is 10.0 Å². The van der Waals surface area contributed by atoms with Crippen LogP contribution in [0.1, 0.15) is 20.8 Å². The smallest absolute Gasteiger partial charge is 0.257 e. The number of hydrogen-bond donors (Lipinski definition) is 2. The number of rotatable bonds is 6. The lowest BCUT2D eigenvalue weighted by Crippen LogP contribution is -2.46. The van der Waals surface area contributed by atoms with Crippen LogP contribution >= 0.6 is 0 Å². The van der Waals surface area contributed by atoms with Gasteiger partial charge in [-0.15, -0.1) is 0 Å². The van der Waals surface area contributed by atoms with Crippen LogP contribution in [-0.4, -0.2) is 42.4 Å². The Bertz CT molecular complexity index is 537. The first-order valence-corrected chi connectivity index (χ1v) is 7.48. The Balaban J connectivity index is 2.91. The highest BCUT2D eigenvalue weighted by Crippen LogP contribution is 2.21. The summed E-state index contributed by atoms with van der Waals surface area (Å²) in [7, 11) is -3.91. The molecule has 116 valence electrons. The Morgan fingerprint density at radius 2 is 2.05 bits per heavy atom. The molecule has 9 heteroatoms. The Labute approximate surface area is 116 Å². The summed E-state index contributed by atoms with van der Waals surface area (Å²) in [6.45, 7) is 4.29. The van der Waals surface area contributed by atoms with Crippen molar-refractivity contribution in [2.75, 3.05) is 6.61 Å². The zero-order valence-electron chi connectivity index (χ0n) is 11.5. The molecular formula is C11H19F2N3O3S. The Morgan fingerprint density at radius 3 is 2.50 bits per heavy atom. The first kappa shape index (κ1) is 17.0. The molecular weight excluding hydrogens is 292 g/mol. The molecule has 0 bridgehead atoms. The van der Waals surface area contributed by atoms with Gasteiger partial charge in [0.25, 0.3) is 6.43 Å². The quantitative estimate of drug-likeness (QED) is 0.815. The second kappa shape index (κ2) is 6.15. The zero-order chi connectivity index (χ0) is 15.6. The fraction of sp³-hybridized carbons (Fsp3) is 0.727. The lowest BCUT2D eigenvalue weighted by Gasteiger charge is -2.29. The van der Waals surface area contributed by atoms with Crippen LogP contribution in [0.4, 0.5) is 8.78 Å². The average Bonchev–Trinajstić information content (AvgIpc) is 2.72. The van der Waals surface area contributed by atoms with Crippen LogP contribution in [0, 0.1) is 5.41 Å². The molecule has 1 atom stereocenters.